The van der Waals surface area contributed by atoms with Crippen LogP contribution in [0.3, 0.4) is 0 Å². The van der Waals surface area contributed by atoms with E-state index in [-0.39, 0.29) is 0 Å². The van der Waals surface area contributed by atoms with Gasteiger partial charge in [-0.1, -0.05) is 18.2 Å². The number of aromatic nitrogens is 3. The molecular formula is C17H14N4. The lowest BCUT2D eigenvalue weighted by Gasteiger charge is -2.10. The monoisotopic (exact) mass is 274 g/mol. The lowest BCUT2D eigenvalue weighted by atomic mass is 10.1. The summed E-state index contributed by atoms with van der Waals surface area (Å²) >= 11 is 0. The second-order valence-corrected chi connectivity index (χ2v) is 5.17. The Bertz CT molecular complexity index is 969. The van der Waals surface area contributed by atoms with Gasteiger partial charge in [0.25, 0.3) is 0 Å². The number of nitrogen functional groups attached to an aromatic ring is 1. The van der Waals surface area contributed by atoms with Crippen molar-refractivity contribution in [2.45, 2.75) is 6.92 Å². The maximum Gasteiger partial charge on any atom is 0.0765 e. The molecule has 4 rings (SSSR count). The Kier molecular flexibility index (Phi) is 2.44. The quantitative estimate of drug-likeness (QED) is 0.541. The predicted octanol–water partition coefficient (Wildman–Crippen LogP) is 3.46. The van der Waals surface area contributed by atoms with E-state index in [0.29, 0.717) is 0 Å². The second-order valence-electron chi connectivity index (χ2n) is 5.17. The largest absolute Gasteiger partial charge is 0.399 e. The number of hydrogen-bond acceptors (Lipinski definition) is 3. The summed E-state index contributed by atoms with van der Waals surface area (Å²) in [6, 6.07) is 16.0. The van der Waals surface area contributed by atoms with E-state index in [0.717, 1.165) is 38.9 Å². The number of nitrogens with two attached hydrogens (primary N) is 1. The number of aryl methyl sites for hydroxylation is 1. The van der Waals surface area contributed by atoms with Crippen LogP contribution in [-0.4, -0.2) is 14.8 Å². The van der Waals surface area contributed by atoms with Crippen LogP contribution in [0.1, 0.15) is 5.69 Å². The highest BCUT2D eigenvalue weighted by Gasteiger charge is 2.10. The van der Waals surface area contributed by atoms with E-state index in [4.69, 9.17) is 5.73 Å². The molecule has 2 heterocycles. The third kappa shape index (κ3) is 1.84. The highest BCUT2D eigenvalue weighted by atomic mass is 15.3. The molecule has 0 saturated heterocycles. The van der Waals surface area contributed by atoms with E-state index < -0.39 is 0 Å². The molecule has 0 saturated carbocycles. The maximum absolute atomic E-state index is 5.94. The van der Waals surface area contributed by atoms with Crippen LogP contribution in [0.4, 0.5) is 5.69 Å². The number of fused-ring (bicyclic) bond motifs is 2. The van der Waals surface area contributed by atoms with Crippen LogP contribution in [0.25, 0.3) is 27.5 Å². The standard InChI is InChI=1S/C17H14N4/c1-11-8-17(14-9-13(18)6-7-15(14)20-11)21-16-5-3-2-4-12(16)10-19-21/h2-10H,18H2,1H3. The van der Waals surface area contributed by atoms with Crippen molar-refractivity contribution in [3.63, 3.8) is 0 Å². The number of anilines is 1. The fourth-order valence-electron chi connectivity index (χ4n) is 2.69. The van der Waals surface area contributed by atoms with Gasteiger partial charge in [0, 0.05) is 22.2 Å². The van der Waals surface area contributed by atoms with Crippen LogP contribution in [0.2, 0.25) is 0 Å². The number of pyridine rings is 1. The van der Waals surface area contributed by atoms with Crippen molar-refractivity contribution in [2.75, 3.05) is 5.73 Å². The lowest BCUT2D eigenvalue weighted by Crippen LogP contribution is -2.00. The van der Waals surface area contributed by atoms with Crippen molar-refractivity contribution in [2.24, 2.45) is 0 Å². The Labute approximate surface area is 121 Å². The number of hydrogen-bond donors (Lipinski definition) is 1. The molecule has 0 aliphatic rings. The molecule has 2 aromatic carbocycles. The van der Waals surface area contributed by atoms with Crippen molar-refractivity contribution in [1.82, 2.24) is 14.8 Å². The summed E-state index contributed by atoms with van der Waals surface area (Å²) in [6.45, 7) is 1.99. The summed E-state index contributed by atoms with van der Waals surface area (Å²) in [7, 11) is 0. The van der Waals surface area contributed by atoms with Crippen molar-refractivity contribution in [3.8, 4) is 5.69 Å². The number of rotatable bonds is 1. The Balaban J connectivity index is 2.12. The predicted molar refractivity (Wildman–Crippen MR) is 85.5 cm³/mol. The molecule has 0 aliphatic carbocycles. The molecule has 4 heteroatoms. The van der Waals surface area contributed by atoms with Crippen LogP contribution < -0.4 is 5.73 Å². The van der Waals surface area contributed by atoms with Crippen molar-refractivity contribution in [1.29, 1.82) is 0 Å². The maximum atomic E-state index is 5.94. The molecule has 0 spiro atoms. The molecule has 4 aromatic rings. The first-order chi connectivity index (χ1) is 10.2. The van der Waals surface area contributed by atoms with Gasteiger partial charge in [0.15, 0.2) is 0 Å². The first kappa shape index (κ1) is 11.9. The van der Waals surface area contributed by atoms with Crippen LogP contribution in [-0.2, 0) is 0 Å². The second kappa shape index (κ2) is 4.31. The minimum Gasteiger partial charge on any atom is -0.399 e. The van der Waals surface area contributed by atoms with Gasteiger partial charge in [0.05, 0.1) is 22.9 Å². The summed E-state index contributed by atoms with van der Waals surface area (Å²) in [5.41, 5.74) is 10.6. The molecule has 0 amide bonds. The van der Waals surface area contributed by atoms with E-state index in [1.807, 2.05) is 54.2 Å². The van der Waals surface area contributed by atoms with Gasteiger partial charge in [-0.25, -0.2) is 4.68 Å². The molecule has 0 fully saturated rings. The molecule has 0 atom stereocenters. The molecule has 102 valence electrons. The Morgan fingerprint density at radius 1 is 1.05 bits per heavy atom. The fourth-order valence-corrected chi connectivity index (χ4v) is 2.69. The molecule has 2 aromatic heterocycles. The summed E-state index contributed by atoms with van der Waals surface area (Å²) in [5.74, 6) is 0. The first-order valence-corrected chi connectivity index (χ1v) is 6.82. The van der Waals surface area contributed by atoms with Crippen molar-refractivity contribution < 1.29 is 0 Å². The summed E-state index contributed by atoms with van der Waals surface area (Å²) in [4.78, 5) is 4.57. The van der Waals surface area contributed by atoms with E-state index in [1.54, 1.807) is 0 Å². The van der Waals surface area contributed by atoms with Gasteiger partial charge in [0.2, 0.25) is 0 Å². The highest BCUT2D eigenvalue weighted by molar-refractivity contribution is 5.92. The summed E-state index contributed by atoms with van der Waals surface area (Å²) in [5, 5.41) is 6.66. The Morgan fingerprint density at radius 2 is 1.90 bits per heavy atom. The highest BCUT2D eigenvalue weighted by Crippen LogP contribution is 2.26. The molecule has 0 radical (unpaired) electrons. The molecule has 21 heavy (non-hydrogen) atoms. The third-order valence-electron chi connectivity index (χ3n) is 3.64. The zero-order chi connectivity index (χ0) is 14.4. The first-order valence-electron chi connectivity index (χ1n) is 6.82. The van der Waals surface area contributed by atoms with Gasteiger partial charge < -0.3 is 5.73 Å². The van der Waals surface area contributed by atoms with Crippen LogP contribution >= 0.6 is 0 Å². The van der Waals surface area contributed by atoms with Crippen LogP contribution in [0.15, 0.2) is 54.7 Å². The topological polar surface area (TPSA) is 56.7 Å². The minimum absolute atomic E-state index is 0.728. The number of nitrogens with zero attached hydrogens (tertiary/aromatic N) is 3. The summed E-state index contributed by atoms with van der Waals surface area (Å²) < 4.78 is 1.95. The van der Waals surface area contributed by atoms with Crippen LogP contribution in [0.5, 0.6) is 0 Å². The average Bonchev–Trinajstić information content (AvgIpc) is 2.91. The Hall–Kier alpha value is -2.88. The molecule has 0 unspecified atom stereocenters. The van der Waals surface area contributed by atoms with Gasteiger partial charge in [-0.2, -0.15) is 5.10 Å². The number of benzene rings is 2. The third-order valence-corrected chi connectivity index (χ3v) is 3.64. The van der Waals surface area contributed by atoms with Gasteiger partial charge in [-0.15, -0.1) is 0 Å². The average molecular weight is 274 g/mol. The van der Waals surface area contributed by atoms with Crippen molar-refractivity contribution in [3.05, 3.63) is 60.4 Å². The molecule has 2 N–H and O–H groups in total. The molecule has 0 aliphatic heterocycles. The zero-order valence-electron chi connectivity index (χ0n) is 11.6. The van der Waals surface area contributed by atoms with E-state index in [2.05, 4.69) is 22.2 Å². The minimum atomic E-state index is 0.728. The van der Waals surface area contributed by atoms with Gasteiger partial charge in [-0.3, -0.25) is 4.98 Å². The van der Waals surface area contributed by atoms with E-state index >= 15 is 0 Å². The SMILES string of the molecule is Cc1cc(-n2ncc3ccccc32)c2cc(N)ccc2n1. The van der Waals surface area contributed by atoms with Crippen LogP contribution in [0, 0.1) is 6.92 Å². The lowest BCUT2D eigenvalue weighted by molar-refractivity contribution is 0.914. The van der Waals surface area contributed by atoms with E-state index in [1.165, 1.54) is 0 Å². The molecular weight excluding hydrogens is 260 g/mol. The molecule has 0 bridgehead atoms. The Morgan fingerprint density at radius 3 is 2.81 bits per heavy atom. The fraction of sp³-hybridized carbons (Fsp3) is 0.0588. The molecule has 4 nitrogen and oxygen atoms in total. The summed E-state index contributed by atoms with van der Waals surface area (Å²) in [6.07, 6.45) is 1.88. The van der Waals surface area contributed by atoms with Gasteiger partial charge in [0.1, 0.15) is 0 Å². The normalized spacial score (nSPS) is 11.3. The van der Waals surface area contributed by atoms with Crippen molar-refractivity contribution >= 4 is 27.5 Å². The smallest absolute Gasteiger partial charge is 0.0765 e. The number of para-hydroxylation sites is 1. The zero-order valence-corrected chi connectivity index (χ0v) is 11.6. The van der Waals surface area contributed by atoms with Gasteiger partial charge >= 0.3 is 0 Å². The van der Waals surface area contributed by atoms with Gasteiger partial charge in [-0.05, 0) is 37.3 Å². The van der Waals surface area contributed by atoms with E-state index in [9.17, 15) is 0 Å².